The second-order valence-corrected chi connectivity index (χ2v) is 6.28. The van der Waals surface area contributed by atoms with Crippen molar-refractivity contribution in [2.75, 3.05) is 4.90 Å². The van der Waals surface area contributed by atoms with Gasteiger partial charge in [0.05, 0.1) is 6.04 Å². The van der Waals surface area contributed by atoms with E-state index in [0.717, 1.165) is 30.3 Å². The average molecular weight is 305 g/mol. The van der Waals surface area contributed by atoms with Crippen LogP contribution in [0.2, 0.25) is 0 Å². The third-order valence-corrected chi connectivity index (χ3v) is 4.59. The van der Waals surface area contributed by atoms with Crippen LogP contribution in [0, 0.1) is 12.8 Å². The highest BCUT2D eigenvalue weighted by atomic mass is 16.1. The molecule has 118 valence electrons. The number of nitrogens with zero attached hydrogens (tertiary/aromatic N) is 1. The van der Waals surface area contributed by atoms with Crippen molar-refractivity contribution in [1.82, 2.24) is 0 Å². The Labute approximate surface area is 138 Å². The van der Waals surface area contributed by atoms with Crippen molar-refractivity contribution in [1.29, 1.82) is 0 Å². The zero-order chi connectivity index (χ0) is 16.2. The molecule has 0 aliphatic heterocycles. The van der Waals surface area contributed by atoms with E-state index < -0.39 is 0 Å². The smallest absolute Gasteiger partial charge is 0.150 e. The van der Waals surface area contributed by atoms with Crippen molar-refractivity contribution in [3.8, 4) is 0 Å². The first kappa shape index (κ1) is 15.5. The van der Waals surface area contributed by atoms with Crippen molar-refractivity contribution in [3.05, 3.63) is 77.6 Å². The van der Waals surface area contributed by atoms with Crippen molar-refractivity contribution < 1.29 is 4.79 Å². The number of benzene rings is 1. The van der Waals surface area contributed by atoms with Crippen LogP contribution in [0.4, 0.5) is 5.69 Å². The van der Waals surface area contributed by atoms with Gasteiger partial charge in [-0.2, -0.15) is 0 Å². The molecule has 1 aromatic carbocycles. The molecule has 2 aliphatic carbocycles. The summed E-state index contributed by atoms with van der Waals surface area (Å²) in [6, 6.07) is 6.27. The molecule has 0 radical (unpaired) electrons. The van der Waals surface area contributed by atoms with Gasteiger partial charge in [-0.25, -0.2) is 0 Å². The van der Waals surface area contributed by atoms with Crippen molar-refractivity contribution in [2.24, 2.45) is 5.92 Å². The summed E-state index contributed by atoms with van der Waals surface area (Å²) in [6.45, 7) is 4.34. The molecule has 0 spiro atoms. The van der Waals surface area contributed by atoms with E-state index in [2.05, 4.69) is 67.3 Å². The lowest BCUT2D eigenvalue weighted by atomic mass is 9.92. The van der Waals surface area contributed by atoms with Crippen LogP contribution >= 0.6 is 0 Å². The van der Waals surface area contributed by atoms with Crippen LogP contribution < -0.4 is 4.90 Å². The number of rotatable bonds is 4. The maximum absolute atomic E-state index is 11.0. The van der Waals surface area contributed by atoms with Gasteiger partial charge in [-0.3, -0.25) is 4.79 Å². The summed E-state index contributed by atoms with van der Waals surface area (Å²) in [4.78, 5) is 13.5. The zero-order valence-electron chi connectivity index (χ0n) is 13.8. The summed E-state index contributed by atoms with van der Waals surface area (Å²) in [5.74, 6) is 0.442. The molecule has 0 heterocycles. The van der Waals surface area contributed by atoms with Crippen LogP contribution in [0.1, 0.15) is 35.7 Å². The molecule has 2 nitrogen and oxygen atoms in total. The van der Waals surface area contributed by atoms with E-state index in [4.69, 9.17) is 0 Å². The number of aryl methyl sites for hydroxylation is 1. The molecular weight excluding hydrogens is 282 g/mol. The first-order chi connectivity index (χ1) is 11.2. The minimum absolute atomic E-state index is 0.304. The summed E-state index contributed by atoms with van der Waals surface area (Å²) in [5, 5.41) is 0. The number of allylic oxidation sites excluding steroid dienone is 6. The predicted octanol–water partition coefficient (Wildman–Crippen LogP) is 4.98. The van der Waals surface area contributed by atoms with Crippen LogP contribution in [0.5, 0.6) is 0 Å². The Hall–Kier alpha value is -2.35. The quantitative estimate of drug-likeness (QED) is 0.731. The molecule has 0 saturated carbocycles. The highest BCUT2D eigenvalue weighted by Gasteiger charge is 2.26. The Bertz CT molecular complexity index is 709. The lowest BCUT2D eigenvalue weighted by Gasteiger charge is -2.39. The number of carbonyl (C=O) groups is 1. The topological polar surface area (TPSA) is 20.3 Å². The summed E-state index contributed by atoms with van der Waals surface area (Å²) in [5.41, 5.74) is 4.40. The third-order valence-electron chi connectivity index (χ3n) is 4.59. The molecule has 1 aromatic rings. The molecule has 2 unspecified atom stereocenters. The molecule has 2 heteroatoms. The third kappa shape index (κ3) is 3.21. The van der Waals surface area contributed by atoms with Gasteiger partial charge in [0.1, 0.15) is 6.29 Å². The van der Waals surface area contributed by atoms with Gasteiger partial charge in [0, 0.05) is 16.9 Å². The van der Waals surface area contributed by atoms with Crippen molar-refractivity contribution in [2.45, 2.75) is 32.7 Å². The Morgan fingerprint density at radius 2 is 2.00 bits per heavy atom. The maximum atomic E-state index is 11.0. The molecule has 0 N–H and O–H groups in total. The van der Waals surface area contributed by atoms with Crippen molar-refractivity contribution in [3.63, 3.8) is 0 Å². The van der Waals surface area contributed by atoms with Crippen LogP contribution in [-0.2, 0) is 0 Å². The van der Waals surface area contributed by atoms with Crippen LogP contribution in [-0.4, -0.2) is 12.3 Å². The Kier molecular flexibility index (Phi) is 4.61. The van der Waals surface area contributed by atoms with E-state index >= 15 is 0 Å². The van der Waals surface area contributed by atoms with Gasteiger partial charge in [0.15, 0.2) is 0 Å². The maximum Gasteiger partial charge on any atom is 0.150 e. The van der Waals surface area contributed by atoms with Gasteiger partial charge in [0.25, 0.3) is 0 Å². The van der Waals surface area contributed by atoms with E-state index in [1.54, 1.807) is 0 Å². The van der Waals surface area contributed by atoms with Crippen LogP contribution in [0.3, 0.4) is 0 Å². The minimum Gasteiger partial charge on any atom is -0.337 e. The fourth-order valence-electron chi connectivity index (χ4n) is 3.35. The lowest BCUT2D eigenvalue weighted by molar-refractivity contribution is 0.112. The highest BCUT2D eigenvalue weighted by Crippen LogP contribution is 2.34. The van der Waals surface area contributed by atoms with Gasteiger partial charge in [-0.1, -0.05) is 43.4 Å². The normalized spacial score (nSPS) is 22.8. The largest absolute Gasteiger partial charge is 0.337 e. The van der Waals surface area contributed by atoms with Gasteiger partial charge in [-0.05, 0) is 55.5 Å². The molecule has 0 bridgehead atoms. The Balaban J connectivity index is 2.06. The summed E-state index contributed by atoms with van der Waals surface area (Å²) in [6.07, 6.45) is 18.4. The first-order valence-electron chi connectivity index (χ1n) is 8.26. The molecular formula is C21H23NO. The standard InChI is InChI=1S/C21H23NO/c1-16-8-6-7-11-20(16)22(19-9-4-3-5-10-19)21-13-12-18(15-23)14-17(21)2/h3-4,6-9,11-16,20H,5,10H2,1-2H3. The van der Waals surface area contributed by atoms with Crippen molar-refractivity contribution >= 4 is 12.0 Å². The Morgan fingerprint density at radius 1 is 1.17 bits per heavy atom. The average Bonchev–Trinajstić information content (AvgIpc) is 2.59. The van der Waals surface area contributed by atoms with E-state index in [0.29, 0.717) is 12.0 Å². The van der Waals surface area contributed by atoms with E-state index in [-0.39, 0.29) is 0 Å². The van der Waals surface area contributed by atoms with Gasteiger partial charge >= 0.3 is 0 Å². The molecule has 0 fully saturated rings. The van der Waals surface area contributed by atoms with Gasteiger partial charge < -0.3 is 4.90 Å². The Morgan fingerprint density at radius 3 is 2.65 bits per heavy atom. The monoisotopic (exact) mass is 305 g/mol. The second-order valence-electron chi connectivity index (χ2n) is 6.28. The molecule has 23 heavy (non-hydrogen) atoms. The van der Waals surface area contributed by atoms with E-state index in [9.17, 15) is 4.79 Å². The second kappa shape index (κ2) is 6.82. The molecule has 2 aliphatic rings. The highest BCUT2D eigenvalue weighted by molar-refractivity contribution is 5.77. The molecule has 2 atom stereocenters. The SMILES string of the molecule is Cc1cc(C=O)ccc1N(C1=CC=CCC1)C1C=CC=CC1C. The lowest BCUT2D eigenvalue weighted by Crippen LogP contribution is -2.39. The van der Waals surface area contributed by atoms with Gasteiger partial charge in [0.2, 0.25) is 0 Å². The minimum atomic E-state index is 0.304. The molecule has 0 amide bonds. The predicted molar refractivity (Wildman–Crippen MR) is 96.7 cm³/mol. The number of carbonyl (C=O) groups excluding carboxylic acids is 1. The van der Waals surface area contributed by atoms with E-state index in [1.807, 2.05) is 12.1 Å². The molecule has 0 saturated heterocycles. The first-order valence-corrected chi connectivity index (χ1v) is 8.26. The molecule has 0 aromatic heterocycles. The summed E-state index contributed by atoms with van der Waals surface area (Å²) < 4.78 is 0. The van der Waals surface area contributed by atoms with Crippen LogP contribution in [0.25, 0.3) is 0 Å². The summed E-state index contributed by atoms with van der Waals surface area (Å²) in [7, 11) is 0. The zero-order valence-corrected chi connectivity index (χ0v) is 13.8. The number of hydrogen-bond acceptors (Lipinski definition) is 2. The number of anilines is 1. The molecule has 3 rings (SSSR count). The fourth-order valence-corrected chi connectivity index (χ4v) is 3.35. The summed E-state index contributed by atoms with van der Waals surface area (Å²) >= 11 is 0. The van der Waals surface area contributed by atoms with Gasteiger partial charge in [-0.15, -0.1) is 0 Å². The number of hydrogen-bond donors (Lipinski definition) is 0. The number of aldehydes is 1. The fraction of sp³-hybridized carbons (Fsp3) is 0.286. The van der Waals surface area contributed by atoms with Crippen LogP contribution in [0.15, 0.2) is 66.4 Å². The van der Waals surface area contributed by atoms with E-state index in [1.165, 1.54) is 11.4 Å².